The van der Waals surface area contributed by atoms with Crippen LogP contribution in [0.2, 0.25) is 0 Å². The minimum atomic E-state index is 0. The number of hydrogen-bond donors (Lipinski definition) is 2. The van der Waals surface area contributed by atoms with Crippen LogP contribution in [0.1, 0.15) is 31.7 Å². The van der Waals surface area contributed by atoms with Crippen molar-refractivity contribution in [3.05, 3.63) is 23.8 Å². The second-order valence-corrected chi connectivity index (χ2v) is 7.27. The molecule has 172 valence electrons. The van der Waals surface area contributed by atoms with Gasteiger partial charge in [-0.25, -0.2) is 0 Å². The molecule has 1 aliphatic rings. The van der Waals surface area contributed by atoms with E-state index in [0.717, 1.165) is 75.9 Å². The molecule has 0 atom stereocenters. The summed E-state index contributed by atoms with van der Waals surface area (Å²) in [5.41, 5.74) is 1.25. The molecule has 1 aliphatic heterocycles. The minimum Gasteiger partial charge on any atom is -0.493 e. The molecule has 2 rings (SSSR count). The van der Waals surface area contributed by atoms with Crippen LogP contribution in [0.3, 0.4) is 0 Å². The van der Waals surface area contributed by atoms with Gasteiger partial charge in [-0.05, 0) is 50.3 Å². The van der Waals surface area contributed by atoms with E-state index in [-0.39, 0.29) is 24.0 Å². The third kappa shape index (κ3) is 9.26. The maximum absolute atomic E-state index is 5.66. The molecule has 2 N–H and O–H groups in total. The lowest BCUT2D eigenvalue weighted by Crippen LogP contribution is -2.49. The number of halogens is 1. The normalized spacial score (nSPS) is 15.4. The maximum Gasteiger partial charge on any atom is 0.191 e. The fourth-order valence-corrected chi connectivity index (χ4v) is 3.55. The van der Waals surface area contributed by atoms with Crippen molar-refractivity contribution in [3.63, 3.8) is 0 Å². The minimum absolute atomic E-state index is 0. The van der Waals surface area contributed by atoms with E-state index < -0.39 is 0 Å². The van der Waals surface area contributed by atoms with E-state index in [1.807, 2.05) is 20.0 Å². The highest BCUT2D eigenvalue weighted by atomic mass is 127. The molecule has 0 saturated carbocycles. The zero-order valence-corrected chi connectivity index (χ0v) is 21.2. The van der Waals surface area contributed by atoms with E-state index in [1.54, 1.807) is 14.2 Å². The topological polar surface area (TPSA) is 67.4 Å². The molecule has 8 heteroatoms. The summed E-state index contributed by atoms with van der Waals surface area (Å²) < 4.78 is 16.2. The number of nitrogens with one attached hydrogen (secondary N) is 2. The number of guanidine groups is 1. The molecule has 1 aromatic rings. The van der Waals surface area contributed by atoms with E-state index in [1.165, 1.54) is 5.56 Å². The first-order chi connectivity index (χ1) is 14.2. The summed E-state index contributed by atoms with van der Waals surface area (Å²) in [5, 5.41) is 7.01. The molecule has 0 radical (unpaired) electrons. The van der Waals surface area contributed by atoms with Crippen molar-refractivity contribution >= 4 is 29.9 Å². The number of methoxy groups -OCH3 is 2. The number of piperidine rings is 1. The van der Waals surface area contributed by atoms with Gasteiger partial charge in [-0.3, -0.25) is 4.99 Å². The lowest BCUT2D eigenvalue weighted by atomic mass is 10.1. The molecule has 1 heterocycles. The van der Waals surface area contributed by atoms with Gasteiger partial charge in [-0.1, -0.05) is 6.07 Å². The summed E-state index contributed by atoms with van der Waals surface area (Å²) in [7, 11) is 5.26. The molecular formula is C22H39IN4O3. The average Bonchev–Trinajstić information content (AvgIpc) is 2.75. The van der Waals surface area contributed by atoms with Crippen LogP contribution in [0, 0.1) is 0 Å². The molecule has 30 heavy (non-hydrogen) atoms. The largest absolute Gasteiger partial charge is 0.493 e. The van der Waals surface area contributed by atoms with Crippen LogP contribution in [-0.4, -0.2) is 77.6 Å². The molecule has 0 spiro atoms. The number of ether oxygens (including phenoxy) is 3. The number of aryl methyl sites for hydroxylation is 1. The predicted molar refractivity (Wildman–Crippen MR) is 134 cm³/mol. The number of likely N-dealkylation sites (tertiary alicyclic amines) is 1. The zero-order valence-electron chi connectivity index (χ0n) is 18.9. The highest BCUT2D eigenvalue weighted by Gasteiger charge is 2.19. The van der Waals surface area contributed by atoms with Gasteiger partial charge in [0.25, 0.3) is 0 Å². The lowest BCUT2D eigenvalue weighted by Gasteiger charge is -2.32. The Morgan fingerprint density at radius 2 is 1.97 bits per heavy atom. The third-order valence-electron chi connectivity index (χ3n) is 5.23. The Balaban J connectivity index is 0.00000450. The van der Waals surface area contributed by atoms with E-state index >= 15 is 0 Å². The van der Waals surface area contributed by atoms with E-state index in [0.29, 0.717) is 12.6 Å². The SMILES string of the molecule is CCOc1cc(CCCNC(=NC)NC2CCN(CCOC)CC2)ccc1OC.I. The number of nitrogens with zero attached hydrogens (tertiary/aromatic N) is 2. The van der Waals surface area contributed by atoms with Crippen molar-refractivity contribution in [1.82, 2.24) is 15.5 Å². The summed E-state index contributed by atoms with van der Waals surface area (Å²) in [6.45, 7) is 7.54. The van der Waals surface area contributed by atoms with Crippen LogP contribution < -0.4 is 20.1 Å². The predicted octanol–water partition coefficient (Wildman–Crippen LogP) is 2.92. The Kier molecular flexibility index (Phi) is 13.9. The molecule has 0 amide bonds. The van der Waals surface area contributed by atoms with Gasteiger partial charge in [-0.2, -0.15) is 0 Å². The molecule has 0 unspecified atom stereocenters. The van der Waals surface area contributed by atoms with Crippen LogP contribution in [0.25, 0.3) is 0 Å². The number of rotatable bonds is 11. The van der Waals surface area contributed by atoms with Gasteiger partial charge in [0.2, 0.25) is 0 Å². The van der Waals surface area contributed by atoms with Gasteiger partial charge in [0.15, 0.2) is 17.5 Å². The highest BCUT2D eigenvalue weighted by molar-refractivity contribution is 14.0. The summed E-state index contributed by atoms with van der Waals surface area (Å²) in [6, 6.07) is 6.64. The molecule has 1 fully saturated rings. The fourth-order valence-electron chi connectivity index (χ4n) is 3.55. The van der Waals surface area contributed by atoms with Crippen LogP contribution in [0.4, 0.5) is 0 Å². The smallest absolute Gasteiger partial charge is 0.191 e. The summed E-state index contributed by atoms with van der Waals surface area (Å²) in [4.78, 5) is 6.84. The van der Waals surface area contributed by atoms with Gasteiger partial charge in [0.05, 0.1) is 20.3 Å². The maximum atomic E-state index is 5.66. The van der Waals surface area contributed by atoms with Gasteiger partial charge < -0.3 is 29.7 Å². The number of aliphatic imine (C=N–C) groups is 1. The monoisotopic (exact) mass is 534 g/mol. The molecule has 1 aromatic carbocycles. The Labute approximate surface area is 199 Å². The van der Waals surface area contributed by atoms with Crippen LogP contribution in [0.5, 0.6) is 11.5 Å². The molecule has 7 nitrogen and oxygen atoms in total. The quantitative estimate of drug-likeness (QED) is 0.197. The third-order valence-corrected chi connectivity index (χ3v) is 5.23. The Bertz CT molecular complexity index is 622. The summed E-state index contributed by atoms with van der Waals surface area (Å²) in [5.74, 6) is 2.49. The fraction of sp³-hybridized carbons (Fsp3) is 0.682. The van der Waals surface area contributed by atoms with Gasteiger partial charge in [-0.15, -0.1) is 24.0 Å². The zero-order chi connectivity index (χ0) is 20.9. The van der Waals surface area contributed by atoms with Crippen LogP contribution in [-0.2, 0) is 11.2 Å². The summed E-state index contributed by atoms with van der Waals surface area (Å²) >= 11 is 0. The van der Waals surface area contributed by atoms with Crippen molar-refractivity contribution < 1.29 is 14.2 Å². The van der Waals surface area contributed by atoms with Crippen molar-refractivity contribution in [2.75, 3.05) is 60.7 Å². The Morgan fingerprint density at radius 3 is 2.60 bits per heavy atom. The first kappa shape index (κ1) is 26.8. The molecular weight excluding hydrogens is 495 g/mol. The second-order valence-electron chi connectivity index (χ2n) is 7.27. The van der Waals surface area contributed by atoms with E-state index in [2.05, 4.69) is 32.7 Å². The van der Waals surface area contributed by atoms with Gasteiger partial charge in [0, 0.05) is 46.4 Å². The van der Waals surface area contributed by atoms with Gasteiger partial charge in [0.1, 0.15) is 0 Å². The number of benzene rings is 1. The molecule has 0 aromatic heterocycles. The van der Waals surface area contributed by atoms with Crippen molar-refractivity contribution in [1.29, 1.82) is 0 Å². The van der Waals surface area contributed by atoms with Crippen molar-refractivity contribution in [2.45, 2.75) is 38.6 Å². The molecule has 0 bridgehead atoms. The van der Waals surface area contributed by atoms with Crippen LogP contribution in [0.15, 0.2) is 23.2 Å². The average molecular weight is 534 g/mol. The van der Waals surface area contributed by atoms with E-state index in [4.69, 9.17) is 14.2 Å². The second kappa shape index (κ2) is 15.5. The number of hydrogen-bond acceptors (Lipinski definition) is 5. The summed E-state index contributed by atoms with van der Waals surface area (Å²) in [6.07, 6.45) is 4.27. The standard InChI is InChI=1S/C22H38N4O3.HI/c1-5-29-21-17-18(8-9-20(21)28-4)7-6-12-24-22(23-2)25-19-10-13-26(14-11-19)15-16-27-3;/h8-9,17,19H,5-7,10-16H2,1-4H3,(H2,23,24,25);1H. The van der Waals surface area contributed by atoms with Gasteiger partial charge >= 0.3 is 0 Å². The Hall–Kier alpha value is -1.26. The molecule has 1 saturated heterocycles. The van der Waals surface area contributed by atoms with Crippen molar-refractivity contribution in [3.8, 4) is 11.5 Å². The first-order valence-corrected chi connectivity index (χ1v) is 10.7. The highest BCUT2D eigenvalue weighted by Crippen LogP contribution is 2.28. The van der Waals surface area contributed by atoms with E-state index in [9.17, 15) is 0 Å². The van der Waals surface area contributed by atoms with Crippen LogP contribution >= 0.6 is 24.0 Å². The van der Waals surface area contributed by atoms with Crippen molar-refractivity contribution in [2.24, 2.45) is 4.99 Å². The first-order valence-electron chi connectivity index (χ1n) is 10.7. The molecule has 0 aliphatic carbocycles. The lowest BCUT2D eigenvalue weighted by molar-refractivity contribution is 0.128. The Morgan fingerprint density at radius 1 is 1.20 bits per heavy atom.